The second-order valence-electron chi connectivity index (χ2n) is 6.15. The Morgan fingerprint density at radius 3 is 2.38 bits per heavy atom. The van der Waals surface area contributed by atoms with E-state index in [4.69, 9.17) is 4.74 Å². The number of carbonyl (C=O) groups is 2. The zero-order valence-electron chi connectivity index (χ0n) is 15.4. The molecule has 146 valence electrons. The van der Waals surface area contributed by atoms with Crippen molar-refractivity contribution in [2.45, 2.75) is 6.92 Å². The summed E-state index contributed by atoms with van der Waals surface area (Å²) in [6.07, 6.45) is 1.43. The smallest absolute Gasteiger partial charge is 0.343 e. The quantitative estimate of drug-likeness (QED) is 0.211. The molecule has 0 radical (unpaired) electrons. The molecule has 0 spiro atoms. The Morgan fingerprint density at radius 2 is 1.66 bits per heavy atom. The van der Waals surface area contributed by atoms with E-state index in [-0.39, 0.29) is 5.91 Å². The van der Waals surface area contributed by atoms with Crippen LogP contribution in [-0.4, -0.2) is 18.1 Å². The summed E-state index contributed by atoms with van der Waals surface area (Å²) in [4.78, 5) is 24.6. The van der Waals surface area contributed by atoms with Gasteiger partial charge in [0.05, 0.1) is 11.8 Å². The Kier molecular flexibility index (Phi) is 6.95. The molecule has 0 bridgehead atoms. The van der Waals surface area contributed by atoms with E-state index in [1.54, 1.807) is 60.7 Å². The highest BCUT2D eigenvalue weighted by atomic mass is 79.9. The number of benzene rings is 3. The van der Waals surface area contributed by atoms with Gasteiger partial charge in [-0.05, 0) is 61.5 Å². The minimum Gasteiger partial charge on any atom is -0.422 e. The monoisotopic (exact) mass is 514 g/mol. The van der Waals surface area contributed by atoms with Crippen molar-refractivity contribution in [1.29, 1.82) is 0 Å². The Balaban J connectivity index is 1.74. The van der Waals surface area contributed by atoms with Gasteiger partial charge in [0.15, 0.2) is 0 Å². The molecular formula is C22H16Br2N2O3. The van der Waals surface area contributed by atoms with Crippen LogP contribution in [0.5, 0.6) is 5.75 Å². The van der Waals surface area contributed by atoms with E-state index in [9.17, 15) is 9.59 Å². The summed E-state index contributed by atoms with van der Waals surface area (Å²) in [5, 5.41) is 3.99. The molecule has 0 aromatic heterocycles. The molecule has 0 saturated carbocycles. The third-order valence-corrected chi connectivity index (χ3v) is 4.93. The van der Waals surface area contributed by atoms with E-state index < -0.39 is 5.97 Å². The number of nitrogens with one attached hydrogen (secondary N) is 1. The van der Waals surface area contributed by atoms with Crippen molar-refractivity contribution in [2.75, 3.05) is 0 Å². The summed E-state index contributed by atoms with van der Waals surface area (Å²) in [7, 11) is 0. The number of hydrogen-bond donors (Lipinski definition) is 1. The Labute approximate surface area is 185 Å². The van der Waals surface area contributed by atoms with Crippen LogP contribution in [0, 0.1) is 6.92 Å². The summed E-state index contributed by atoms with van der Waals surface area (Å²) in [5.74, 6) is -0.479. The fraction of sp³-hybridized carbons (Fsp3) is 0.0455. The van der Waals surface area contributed by atoms with Crippen LogP contribution in [0.25, 0.3) is 0 Å². The van der Waals surface area contributed by atoms with Gasteiger partial charge >= 0.3 is 5.97 Å². The van der Waals surface area contributed by atoms with E-state index in [0.717, 1.165) is 14.5 Å². The van der Waals surface area contributed by atoms with Gasteiger partial charge in [-0.3, -0.25) is 4.79 Å². The Morgan fingerprint density at radius 1 is 0.931 bits per heavy atom. The number of esters is 1. The fourth-order valence-corrected chi connectivity index (χ4v) is 3.11. The standard InChI is InChI=1S/C22H16Br2N2O3/c1-14-3-2-4-16(11-14)22(28)29-20-10-9-19(24)12-17(20)13-25-26-21(27)15-5-7-18(23)8-6-15/h2-13H,1H3,(H,26,27). The lowest BCUT2D eigenvalue weighted by Crippen LogP contribution is -2.17. The normalized spacial score (nSPS) is 10.7. The highest BCUT2D eigenvalue weighted by Gasteiger charge is 2.12. The van der Waals surface area contributed by atoms with Gasteiger partial charge in [0.1, 0.15) is 5.75 Å². The topological polar surface area (TPSA) is 67.8 Å². The number of hydrazone groups is 1. The zero-order chi connectivity index (χ0) is 20.8. The van der Waals surface area contributed by atoms with Gasteiger partial charge < -0.3 is 4.74 Å². The average molecular weight is 516 g/mol. The van der Waals surface area contributed by atoms with Gasteiger partial charge in [-0.15, -0.1) is 0 Å². The second kappa shape index (κ2) is 9.62. The van der Waals surface area contributed by atoms with Crippen LogP contribution in [0.15, 0.2) is 80.8 Å². The van der Waals surface area contributed by atoms with Gasteiger partial charge in [-0.2, -0.15) is 5.10 Å². The van der Waals surface area contributed by atoms with E-state index in [1.165, 1.54) is 6.21 Å². The average Bonchev–Trinajstić information content (AvgIpc) is 2.70. The first-order chi connectivity index (χ1) is 13.9. The first-order valence-electron chi connectivity index (χ1n) is 8.60. The number of ether oxygens (including phenoxy) is 1. The van der Waals surface area contributed by atoms with Crippen molar-refractivity contribution < 1.29 is 14.3 Å². The first kappa shape index (κ1) is 21.0. The predicted octanol–water partition coefficient (Wildman–Crippen LogP) is 5.50. The highest BCUT2D eigenvalue weighted by Crippen LogP contribution is 2.23. The van der Waals surface area contributed by atoms with Crippen molar-refractivity contribution in [3.8, 4) is 5.75 Å². The maximum Gasteiger partial charge on any atom is 0.343 e. The SMILES string of the molecule is Cc1cccc(C(=O)Oc2ccc(Br)cc2C=NNC(=O)c2ccc(Br)cc2)c1. The maximum atomic E-state index is 12.4. The van der Waals surface area contributed by atoms with Crippen LogP contribution in [-0.2, 0) is 0 Å². The number of amides is 1. The van der Waals surface area contributed by atoms with Crippen molar-refractivity contribution in [1.82, 2.24) is 5.43 Å². The molecule has 0 aliphatic rings. The molecule has 0 unspecified atom stereocenters. The number of carbonyl (C=O) groups excluding carboxylic acids is 2. The maximum absolute atomic E-state index is 12.4. The number of nitrogens with zero attached hydrogens (tertiary/aromatic N) is 1. The Bertz CT molecular complexity index is 1080. The molecule has 29 heavy (non-hydrogen) atoms. The van der Waals surface area contributed by atoms with Crippen LogP contribution in [0.1, 0.15) is 31.8 Å². The summed E-state index contributed by atoms with van der Waals surface area (Å²) in [6.45, 7) is 1.91. The third kappa shape index (κ3) is 5.85. The minimum atomic E-state index is -0.468. The van der Waals surface area contributed by atoms with E-state index in [1.807, 2.05) is 13.0 Å². The molecule has 7 heteroatoms. The van der Waals surface area contributed by atoms with Crippen LogP contribution in [0.4, 0.5) is 0 Å². The number of rotatable bonds is 5. The van der Waals surface area contributed by atoms with Gasteiger partial charge in [0, 0.05) is 20.1 Å². The molecular weight excluding hydrogens is 500 g/mol. The van der Waals surface area contributed by atoms with Crippen molar-refractivity contribution in [2.24, 2.45) is 5.10 Å². The first-order valence-corrected chi connectivity index (χ1v) is 10.2. The molecule has 0 aliphatic heterocycles. The molecule has 1 amide bonds. The summed E-state index contributed by atoms with van der Waals surface area (Å²) < 4.78 is 7.19. The van der Waals surface area contributed by atoms with Crippen LogP contribution >= 0.6 is 31.9 Å². The van der Waals surface area contributed by atoms with E-state index in [0.29, 0.717) is 22.4 Å². The molecule has 3 rings (SSSR count). The second-order valence-corrected chi connectivity index (χ2v) is 7.98. The summed E-state index contributed by atoms with van der Waals surface area (Å²) in [6, 6.07) is 19.2. The number of halogens is 2. The van der Waals surface area contributed by atoms with Crippen molar-refractivity contribution in [3.05, 3.63) is 97.9 Å². The third-order valence-electron chi connectivity index (χ3n) is 3.90. The minimum absolute atomic E-state index is 0.335. The number of aryl methyl sites for hydroxylation is 1. The highest BCUT2D eigenvalue weighted by molar-refractivity contribution is 9.10. The largest absolute Gasteiger partial charge is 0.422 e. The van der Waals surface area contributed by atoms with E-state index >= 15 is 0 Å². The predicted molar refractivity (Wildman–Crippen MR) is 119 cm³/mol. The van der Waals surface area contributed by atoms with Gasteiger partial charge in [-0.25, -0.2) is 10.2 Å². The molecule has 3 aromatic rings. The van der Waals surface area contributed by atoms with Crippen molar-refractivity contribution in [3.63, 3.8) is 0 Å². The molecule has 0 aliphatic carbocycles. The molecule has 0 saturated heterocycles. The fourth-order valence-electron chi connectivity index (χ4n) is 2.47. The van der Waals surface area contributed by atoms with Gasteiger partial charge in [0.25, 0.3) is 5.91 Å². The lowest BCUT2D eigenvalue weighted by Gasteiger charge is -2.08. The van der Waals surface area contributed by atoms with Crippen LogP contribution in [0.2, 0.25) is 0 Å². The number of hydrogen-bond acceptors (Lipinski definition) is 4. The van der Waals surface area contributed by atoms with E-state index in [2.05, 4.69) is 42.4 Å². The molecule has 3 aromatic carbocycles. The Hall–Kier alpha value is -2.77. The lowest BCUT2D eigenvalue weighted by molar-refractivity contribution is 0.0734. The molecule has 0 fully saturated rings. The molecule has 0 atom stereocenters. The lowest BCUT2D eigenvalue weighted by atomic mass is 10.1. The van der Waals surface area contributed by atoms with Crippen LogP contribution < -0.4 is 10.2 Å². The molecule has 5 nitrogen and oxygen atoms in total. The van der Waals surface area contributed by atoms with Gasteiger partial charge in [-0.1, -0.05) is 49.6 Å². The summed E-state index contributed by atoms with van der Waals surface area (Å²) in [5.41, 5.74) is 4.90. The molecule has 1 N–H and O–H groups in total. The van der Waals surface area contributed by atoms with Gasteiger partial charge in [0.2, 0.25) is 0 Å². The zero-order valence-corrected chi connectivity index (χ0v) is 18.5. The summed E-state index contributed by atoms with van der Waals surface area (Å²) >= 11 is 6.71. The van der Waals surface area contributed by atoms with Crippen molar-refractivity contribution >= 4 is 50.0 Å². The van der Waals surface area contributed by atoms with Crippen LogP contribution in [0.3, 0.4) is 0 Å². The molecule has 0 heterocycles.